The summed E-state index contributed by atoms with van der Waals surface area (Å²) in [6.45, 7) is 1.69. The van der Waals surface area contributed by atoms with Gasteiger partial charge in [-0.15, -0.1) is 0 Å². The van der Waals surface area contributed by atoms with E-state index in [1.807, 2.05) is 37.3 Å². The molecule has 0 aromatic heterocycles. The first-order valence-electron chi connectivity index (χ1n) is 9.92. The molecule has 5 nitrogen and oxygen atoms in total. The van der Waals surface area contributed by atoms with Crippen LogP contribution in [0.15, 0.2) is 84.6 Å². The fraction of sp³-hybridized carbons (Fsp3) is 0.120. The Balaban J connectivity index is 1.59. The molecule has 1 aliphatic heterocycles. The number of halogens is 1. The highest BCUT2D eigenvalue weighted by Crippen LogP contribution is 2.35. The van der Waals surface area contributed by atoms with Gasteiger partial charge in [0, 0.05) is 5.56 Å². The third kappa shape index (κ3) is 4.48. The molecule has 3 aromatic carbocycles. The predicted octanol–water partition coefficient (Wildman–Crippen LogP) is 4.47. The van der Waals surface area contributed by atoms with Gasteiger partial charge >= 0.3 is 0 Å². The third-order valence-corrected chi connectivity index (χ3v) is 5.00. The van der Waals surface area contributed by atoms with Gasteiger partial charge in [0.2, 0.25) is 5.91 Å². The summed E-state index contributed by atoms with van der Waals surface area (Å²) in [5, 5.41) is 2.92. The molecule has 0 spiro atoms. The summed E-state index contributed by atoms with van der Waals surface area (Å²) in [6.07, 6.45) is 1.35. The maximum atomic E-state index is 14.1. The molecule has 0 unspecified atom stereocenters. The number of nitrogens with zero attached hydrogens (tertiary/aromatic N) is 1. The Kier molecular flexibility index (Phi) is 5.80. The second-order valence-corrected chi connectivity index (χ2v) is 7.19. The van der Waals surface area contributed by atoms with Crippen LogP contribution in [0.2, 0.25) is 0 Å². The summed E-state index contributed by atoms with van der Waals surface area (Å²) in [5.74, 6) is -0.913. The summed E-state index contributed by atoms with van der Waals surface area (Å²) >= 11 is 0. The fourth-order valence-corrected chi connectivity index (χ4v) is 3.41. The molecule has 0 saturated carbocycles. The molecule has 1 heterocycles. The highest BCUT2D eigenvalue weighted by atomic mass is 19.1. The van der Waals surface area contributed by atoms with Crippen LogP contribution in [0.1, 0.15) is 24.1 Å². The smallest absolute Gasteiger partial charge is 0.294 e. The van der Waals surface area contributed by atoms with Gasteiger partial charge in [-0.2, -0.15) is 0 Å². The fourth-order valence-electron chi connectivity index (χ4n) is 3.41. The van der Waals surface area contributed by atoms with Crippen molar-refractivity contribution < 1.29 is 18.7 Å². The number of para-hydroxylation sites is 2. The van der Waals surface area contributed by atoms with Crippen molar-refractivity contribution in [1.82, 2.24) is 5.32 Å². The zero-order valence-electron chi connectivity index (χ0n) is 16.9. The quantitative estimate of drug-likeness (QED) is 0.625. The van der Waals surface area contributed by atoms with E-state index in [9.17, 15) is 14.0 Å². The molecule has 3 aromatic rings. The van der Waals surface area contributed by atoms with Crippen LogP contribution in [0.3, 0.4) is 0 Å². The van der Waals surface area contributed by atoms with E-state index in [0.29, 0.717) is 11.4 Å². The van der Waals surface area contributed by atoms with E-state index in [-0.39, 0.29) is 29.8 Å². The minimum atomic E-state index is -0.510. The second-order valence-electron chi connectivity index (χ2n) is 7.19. The Morgan fingerprint density at radius 3 is 2.48 bits per heavy atom. The highest BCUT2D eigenvalue weighted by molar-refractivity contribution is 6.12. The van der Waals surface area contributed by atoms with Crippen LogP contribution >= 0.6 is 0 Å². The van der Waals surface area contributed by atoms with Gasteiger partial charge in [0.1, 0.15) is 12.4 Å². The zero-order chi connectivity index (χ0) is 21.8. The summed E-state index contributed by atoms with van der Waals surface area (Å²) in [7, 11) is 0. The van der Waals surface area contributed by atoms with Crippen LogP contribution in [0.5, 0.6) is 5.75 Å². The molecule has 6 heteroatoms. The molecule has 156 valence electrons. The highest BCUT2D eigenvalue weighted by Gasteiger charge is 2.32. The molecule has 0 aliphatic carbocycles. The molecule has 31 heavy (non-hydrogen) atoms. The molecule has 4 rings (SSSR count). The van der Waals surface area contributed by atoms with Crippen LogP contribution in [-0.4, -0.2) is 18.4 Å². The Labute approximate surface area is 179 Å². The normalized spacial score (nSPS) is 15.2. The molecular weight excluding hydrogens is 395 g/mol. The van der Waals surface area contributed by atoms with Gasteiger partial charge in [-0.3, -0.25) is 14.5 Å². The second kappa shape index (κ2) is 8.83. The molecule has 0 saturated heterocycles. The van der Waals surface area contributed by atoms with E-state index in [4.69, 9.17) is 4.74 Å². The number of hydrogen-bond donors (Lipinski definition) is 1. The lowest BCUT2D eigenvalue weighted by molar-refractivity contribution is -0.123. The number of rotatable bonds is 5. The van der Waals surface area contributed by atoms with Crippen molar-refractivity contribution in [3.8, 4) is 5.75 Å². The molecule has 0 bridgehead atoms. The Morgan fingerprint density at radius 1 is 1.03 bits per heavy atom. The van der Waals surface area contributed by atoms with Crippen molar-refractivity contribution in [2.24, 2.45) is 0 Å². The monoisotopic (exact) mass is 416 g/mol. The van der Waals surface area contributed by atoms with Crippen molar-refractivity contribution in [2.45, 2.75) is 13.0 Å². The van der Waals surface area contributed by atoms with E-state index >= 15 is 0 Å². The number of ether oxygens (including phenoxy) is 1. The average Bonchev–Trinajstić information content (AvgIpc) is 2.78. The lowest BCUT2D eigenvalue weighted by atomic mass is 10.1. The largest absolute Gasteiger partial charge is 0.449 e. The third-order valence-electron chi connectivity index (χ3n) is 5.00. The SMILES string of the molecule is C[C@H](NC(=O)CN1C(=O)/C(=C/c2ccccc2F)Oc2ccccc21)c1ccccc1. The van der Waals surface area contributed by atoms with Crippen LogP contribution in [0.25, 0.3) is 6.08 Å². The van der Waals surface area contributed by atoms with Crippen molar-refractivity contribution >= 4 is 23.6 Å². The van der Waals surface area contributed by atoms with Gasteiger partial charge in [-0.25, -0.2) is 4.39 Å². The van der Waals surface area contributed by atoms with Gasteiger partial charge in [0.25, 0.3) is 5.91 Å². The summed E-state index contributed by atoms with van der Waals surface area (Å²) in [4.78, 5) is 27.2. The molecule has 1 N–H and O–H groups in total. The lowest BCUT2D eigenvalue weighted by Crippen LogP contribution is -2.44. The van der Waals surface area contributed by atoms with E-state index in [1.165, 1.54) is 17.0 Å². The van der Waals surface area contributed by atoms with Crippen LogP contribution in [-0.2, 0) is 9.59 Å². The molecule has 0 fully saturated rings. The number of anilines is 1. The molecule has 1 aliphatic rings. The number of fused-ring (bicyclic) bond motifs is 1. The first kappa shape index (κ1) is 20.3. The lowest BCUT2D eigenvalue weighted by Gasteiger charge is -2.30. The summed E-state index contributed by atoms with van der Waals surface area (Å²) in [5.41, 5.74) is 1.68. The van der Waals surface area contributed by atoms with Crippen LogP contribution < -0.4 is 15.0 Å². The number of benzene rings is 3. The summed E-state index contributed by atoms with van der Waals surface area (Å²) in [6, 6.07) is 22.4. The first-order valence-corrected chi connectivity index (χ1v) is 9.92. The number of nitrogens with one attached hydrogen (secondary N) is 1. The number of hydrogen-bond acceptors (Lipinski definition) is 3. The van der Waals surface area contributed by atoms with Gasteiger partial charge in [0.05, 0.1) is 11.7 Å². The van der Waals surface area contributed by atoms with Gasteiger partial charge < -0.3 is 10.1 Å². The van der Waals surface area contributed by atoms with Crippen LogP contribution in [0.4, 0.5) is 10.1 Å². The van der Waals surface area contributed by atoms with Gasteiger partial charge in [-0.05, 0) is 36.8 Å². The molecule has 2 amide bonds. The van der Waals surface area contributed by atoms with E-state index in [2.05, 4.69) is 5.32 Å². The Bertz CT molecular complexity index is 1140. The number of carbonyl (C=O) groups excluding carboxylic acids is 2. The number of amides is 2. The standard InChI is InChI=1S/C25H21FN2O3/c1-17(18-9-3-2-4-10-18)27-24(29)16-28-21-13-7-8-14-22(21)31-23(25(28)30)15-19-11-5-6-12-20(19)26/h2-15,17H,16H2,1H3,(H,27,29)/b23-15-/t17-/m0/s1. The Morgan fingerprint density at radius 2 is 1.71 bits per heavy atom. The molecule has 1 atom stereocenters. The van der Waals surface area contributed by atoms with Crippen molar-refractivity contribution in [2.75, 3.05) is 11.4 Å². The van der Waals surface area contributed by atoms with Gasteiger partial charge in [0.15, 0.2) is 11.5 Å². The maximum Gasteiger partial charge on any atom is 0.294 e. The van der Waals surface area contributed by atoms with Crippen molar-refractivity contribution in [3.05, 3.63) is 102 Å². The van der Waals surface area contributed by atoms with Crippen molar-refractivity contribution in [3.63, 3.8) is 0 Å². The minimum Gasteiger partial charge on any atom is -0.449 e. The maximum absolute atomic E-state index is 14.1. The number of carbonyl (C=O) groups is 2. The van der Waals surface area contributed by atoms with E-state index in [1.54, 1.807) is 42.5 Å². The van der Waals surface area contributed by atoms with E-state index in [0.717, 1.165) is 5.56 Å². The Hall–Kier alpha value is -3.93. The first-order chi connectivity index (χ1) is 15.0. The molecular formula is C25H21FN2O3. The summed E-state index contributed by atoms with van der Waals surface area (Å²) < 4.78 is 19.8. The van der Waals surface area contributed by atoms with Crippen molar-refractivity contribution in [1.29, 1.82) is 0 Å². The average molecular weight is 416 g/mol. The van der Waals surface area contributed by atoms with E-state index < -0.39 is 11.7 Å². The molecule has 0 radical (unpaired) electrons. The minimum absolute atomic E-state index is 0.0484. The predicted molar refractivity (Wildman–Crippen MR) is 117 cm³/mol. The van der Waals surface area contributed by atoms with Crippen LogP contribution in [0, 0.1) is 5.82 Å². The zero-order valence-corrected chi connectivity index (χ0v) is 16.9. The van der Waals surface area contributed by atoms with Gasteiger partial charge in [-0.1, -0.05) is 60.7 Å². The topological polar surface area (TPSA) is 58.6 Å².